The van der Waals surface area contributed by atoms with Crippen LogP contribution < -0.4 is 14.9 Å². The Bertz CT molecular complexity index is 933. The standard InChI is InChI=1S/C19H25NO6S/c1-13(2)7-8-25-18-11-20-15(10-16(18)21)12-26-27(22,23)19-9-14(3)5-6-17(19)24-4/h5-6,9-11,13H,7-8,12H2,1-4H3,(H,20,21). The Hall–Kier alpha value is -2.32. The minimum atomic E-state index is -4.05. The van der Waals surface area contributed by atoms with Crippen molar-refractivity contribution in [2.24, 2.45) is 5.92 Å². The molecule has 0 saturated carbocycles. The molecule has 2 rings (SSSR count). The van der Waals surface area contributed by atoms with Gasteiger partial charge in [0.05, 0.1) is 13.7 Å². The van der Waals surface area contributed by atoms with E-state index in [1.807, 2.05) is 0 Å². The van der Waals surface area contributed by atoms with Crippen LogP contribution in [0.15, 0.2) is 40.2 Å². The van der Waals surface area contributed by atoms with Crippen molar-refractivity contribution in [3.8, 4) is 11.5 Å². The molecule has 0 radical (unpaired) electrons. The number of benzene rings is 1. The molecule has 8 heteroatoms. The third-order valence-corrected chi connectivity index (χ3v) is 5.13. The number of nitrogens with one attached hydrogen (secondary N) is 1. The van der Waals surface area contributed by atoms with Crippen LogP contribution in [0.3, 0.4) is 0 Å². The summed E-state index contributed by atoms with van der Waals surface area (Å²) in [6.45, 7) is 6.04. The first kappa shape index (κ1) is 21.0. The van der Waals surface area contributed by atoms with E-state index < -0.39 is 10.1 Å². The minimum absolute atomic E-state index is 0.0546. The van der Waals surface area contributed by atoms with E-state index in [1.54, 1.807) is 19.1 Å². The molecule has 0 saturated heterocycles. The predicted molar refractivity (Wildman–Crippen MR) is 102 cm³/mol. The van der Waals surface area contributed by atoms with E-state index in [0.29, 0.717) is 18.2 Å². The molecule has 0 aliphatic carbocycles. The third kappa shape index (κ3) is 5.83. The van der Waals surface area contributed by atoms with Gasteiger partial charge in [-0.15, -0.1) is 0 Å². The fourth-order valence-corrected chi connectivity index (χ4v) is 3.42. The molecule has 1 aromatic heterocycles. The van der Waals surface area contributed by atoms with Crippen LogP contribution in [0.25, 0.3) is 0 Å². The maximum absolute atomic E-state index is 12.5. The zero-order valence-electron chi connectivity index (χ0n) is 15.9. The van der Waals surface area contributed by atoms with Gasteiger partial charge in [-0.2, -0.15) is 8.42 Å². The van der Waals surface area contributed by atoms with E-state index >= 15 is 0 Å². The molecule has 7 nitrogen and oxygen atoms in total. The molecule has 0 bridgehead atoms. The molecule has 2 aromatic rings. The third-order valence-electron chi connectivity index (χ3n) is 3.85. The lowest BCUT2D eigenvalue weighted by Gasteiger charge is -2.11. The van der Waals surface area contributed by atoms with Crippen molar-refractivity contribution in [1.29, 1.82) is 0 Å². The summed E-state index contributed by atoms with van der Waals surface area (Å²) in [4.78, 5) is 14.9. The van der Waals surface area contributed by atoms with Crippen molar-refractivity contribution >= 4 is 10.1 Å². The second-order valence-corrected chi connectivity index (χ2v) is 8.17. The van der Waals surface area contributed by atoms with Crippen LogP contribution in [0.5, 0.6) is 11.5 Å². The lowest BCUT2D eigenvalue weighted by atomic mass is 10.1. The molecule has 0 atom stereocenters. The molecule has 0 spiro atoms. The molecule has 0 aliphatic heterocycles. The van der Waals surface area contributed by atoms with Gasteiger partial charge in [0.2, 0.25) is 5.43 Å². The number of H-pyrrole nitrogens is 1. The highest BCUT2D eigenvalue weighted by Crippen LogP contribution is 2.26. The van der Waals surface area contributed by atoms with Crippen molar-refractivity contribution in [1.82, 2.24) is 4.98 Å². The Morgan fingerprint density at radius 2 is 1.89 bits per heavy atom. The number of pyridine rings is 1. The van der Waals surface area contributed by atoms with Gasteiger partial charge >= 0.3 is 10.1 Å². The zero-order valence-corrected chi connectivity index (χ0v) is 16.8. The highest BCUT2D eigenvalue weighted by atomic mass is 32.2. The molecule has 1 heterocycles. The molecule has 27 heavy (non-hydrogen) atoms. The molecule has 0 fully saturated rings. The Labute approximate surface area is 159 Å². The topological polar surface area (TPSA) is 94.7 Å². The number of aromatic amines is 1. The van der Waals surface area contributed by atoms with Crippen LogP contribution in [0.1, 0.15) is 31.5 Å². The summed E-state index contributed by atoms with van der Waals surface area (Å²) in [6, 6.07) is 6.06. The second kappa shape index (κ2) is 9.05. The summed E-state index contributed by atoms with van der Waals surface area (Å²) in [5.41, 5.74) is 0.752. The molecular formula is C19H25NO6S. The maximum Gasteiger partial charge on any atom is 0.301 e. The number of hydrogen-bond acceptors (Lipinski definition) is 6. The molecule has 0 amide bonds. The summed E-state index contributed by atoms with van der Waals surface area (Å²) < 4.78 is 40.6. The van der Waals surface area contributed by atoms with E-state index in [9.17, 15) is 13.2 Å². The van der Waals surface area contributed by atoms with Crippen molar-refractivity contribution in [2.75, 3.05) is 13.7 Å². The maximum atomic E-state index is 12.5. The van der Waals surface area contributed by atoms with E-state index in [0.717, 1.165) is 12.0 Å². The average molecular weight is 395 g/mol. The smallest absolute Gasteiger partial charge is 0.301 e. The van der Waals surface area contributed by atoms with E-state index in [2.05, 4.69) is 18.8 Å². The molecule has 1 N–H and O–H groups in total. The fraction of sp³-hybridized carbons (Fsp3) is 0.421. The van der Waals surface area contributed by atoms with Crippen LogP contribution in [0.2, 0.25) is 0 Å². The number of hydrogen-bond donors (Lipinski definition) is 1. The van der Waals surface area contributed by atoms with Crippen LogP contribution in [-0.4, -0.2) is 27.1 Å². The number of ether oxygens (including phenoxy) is 2. The van der Waals surface area contributed by atoms with Crippen molar-refractivity contribution in [3.63, 3.8) is 0 Å². The van der Waals surface area contributed by atoms with Crippen molar-refractivity contribution < 1.29 is 22.1 Å². The van der Waals surface area contributed by atoms with Gasteiger partial charge in [-0.3, -0.25) is 8.98 Å². The second-order valence-electron chi connectivity index (χ2n) is 6.59. The summed E-state index contributed by atoms with van der Waals surface area (Å²) in [7, 11) is -2.66. The molecule has 1 aromatic carbocycles. The van der Waals surface area contributed by atoms with Crippen LogP contribution in [-0.2, 0) is 20.9 Å². The molecular weight excluding hydrogens is 370 g/mol. The lowest BCUT2D eigenvalue weighted by Crippen LogP contribution is -2.13. The van der Waals surface area contributed by atoms with Gasteiger partial charge in [0, 0.05) is 18.0 Å². The van der Waals surface area contributed by atoms with E-state index in [4.69, 9.17) is 13.7 Å². The van der Waals surface area contributed by atoms with Crippen molar-refractivity contribution in [2.45, 2.75) is 38.7 Å². The monoisotopic (exact) mass is 395 g/mol. The Morgan fingerprint density at radius 3 is 2.52 bits per heavy atom. The van der Waals surface area contributed by atoms with Gasteiger partial charge in [-0.05, 0) is 37.0 Å². The highest BCUT2D eigenvalue weighted by Gasteiger charge is 2.21. The SMILES string of the molecule is COc1ccc(C)cc1S(=O)(=O)OCc1cc(=O)c(OCCC(C)C)c[nH]1. The van der Waals surface area contributed by atoms with E-state index in [1.165, 1.54) is 25.4 Å². The Morgan fingerprint density at radius 1 is 1.15 bits per heavy atom. The first-order chi connectivity index (χ1) is 12.7. The zero-order chi connectivity index (χ0) is 20.0. The van der Waals surface area contributed by atoms with Gasteiger partial charge in [-0.1, -0.05) is 19.9 Å². The average Bonchev–Trinajstić information content (AvgIpc) is 2.61. The number of rotatable bonds is 9. The van der Waals surface area contributed by atoms with Crippen LogP contribution >= 0.6 is 0 Å². The van der Waals surface area contributed by atoms with Crippen molar-refractivity contribution in [3.05, 3.63) is 51.9 Å². The molecule has 0 aliphatic rings. The number of methoxy groups -OCH3 is 1. The number of aryl methyl sites for hydroxylation is 1. The predicted octanol–water partition coefficient (Wildman–Crippen LogP) is 3.02. The summed E-state index contributed by atoms with van der Waals surface area (Å²) >= 11 is 0. The number of aromatic nitrogens is 1. The quantitative estimate of drug-likeness (QED) is 0.656. The van der Waals surface area contributed by atoms with Crippen LogP contribution in [0, 0.1) is 12.8 Å². The highest BCUT2D eigenvalue weighted by molar-refractivity contribution is 7.86. The van der Waals surface area contributed by atoms with Gasteiger partial charge < -0.3 is 14.5 Å². The van der Waals surface area contributed by atoms with Gasteiger partial charge in [0.25, 0.3) is 0 Å². The van der Waals surface area contributed by atoms with Gasteiger partial charge in [-0.25, -0.2) is 0 Å². The van der Waals surface area contributed by atoms with Gasteiger partial charge in [0.1, 0.15) is 17.3 Å². The summed E-state index contributed by atoms with van der Waals surface area (Å²) in [5, 5.41) is 0. The van der Waals surface area contributed by atoms with E-state index in [-0.39, 0.29) is 28.4 Å². The largest absolute Gasteiger partial charge is 0.495 e. The normalized spacial score (nSPS) is 11.6. The first-order valence-corrected chi connectivity index (χ1v) is 10.0. The van der Waals surface area contributed by atoms with Crippen LogP contribution in [0.4, 0.5) is 0 Å². The van der Waals surface area contributed by atoms with Gasteiger partial charge in [0.15, 0.2) is 5.75 Å². The Balaban J connectivity index is 2.09. The molecule has 0 unspecified atom stereocenters. The molecule has 148 valence electrons. The summed E-state index contributed by atoms with van der Waals surface area (Å²) in [5.74, 6) is 0.867. The lowest BCUT2D eigenvalue weighted by molar-refractivity contribution is 0.283. The Kier molecular flexibility index (Phi) is 7.04. The summed E-state index contributed by atoms with van der Waals surface area (Å²) in [6.07, 6.45) is 2.25. The fourth-order valence-electron chi connectivity index (χ4n) is 2.28. The minimum Gasteiger partial charge on any atom is -0.495 e. The first-order valence-electron chi connectivity index (χ1n) is 8.61.